The first-order valence-electron chi connectivity index (χ1n) is 8.52. The highest BCUT2D eigenvalue weighted by Gasteiger charge is 2.25. The van der Waals surface area contributed by atoms with E-state index in [-0.39, 0.29) is 6.04 Å². The molecule has 1 fully saturated rings. The zero-order valence-electron chi connectivity index (χ0n) is 14.0. The summed E-state index contributed by atoms with van der Waals surface area (Å²) in [7, 11) is 0. The van der Waals surface area contributed by atoms with Gasteiger partial charge < -0.3 is 0 Å². The van der Waals surface area contributed by atoms with Gasteiger partial charge in [-0.05, 0) is 54.7 Å². The molecule has 0 amide bonds. The normalized spacial score (nSPS) is 20.4. The second-order valence-corrected chi connectivity index (χ2v) is 6.21. The van der Waals surface area contributed by atoms with E-state index in [0.29, 0.717) is 5.92 Å². The van der Waals surface area contributed by atoms with Crippen molar-refractivity contribution in [3.63, 3.8) is 0 Å². The molecule has 2 rings (SSSR count). The fraction of sp³-hybridized carbons (Fsp3) is 0.579. The monoisotopic (exact) mass is 312 g/mol. The first-order valence-corrected chi connectivity index (χ1v) is 8.52. The SMILES string of the molecule is CCc1cc(CC2CCCCC2N=C=O)cc(CC)c1N=C=O. The largest absolute Gasteiger partial charge is 0.240 e. The molecule has 23 heavy (non-hydrogen) atoms. The molecule has 0 heterocycles. The van der Waals surface area contributed by atoms with Crippen molar-refractivity contribution in [1.29, 1.82) is 0 Å². The van der Waals surface area contributed by atoms with E-state index >= 15 is 0 Å². The molecule has 1 aliphatic carbocycles. The molecular weight excluding hydrogens is 288 g/mol. The molecule has 0 spiro atoms. The molecule has 0 bridgehead atoms. The van der Waals surface area contributed by atoms with Crippen molar-refractivity contribution in [2.75, 3.05) is 0 Å². The van der Waals surface area contributed by atoms with Crippen molar-refractivity contribution in [3.8, 4) is 0 Å². The summed E-state index contributed by atoms with van der Waals surface area (Å²) in [6.07, 6.45) is 10.4. The summed E-state index contributed by atoms with van der Waals surface area (Å²) < 4.78 is 0. The minimum absolute atomic E-state index is 0.101. The molecule has 122 valence electrons. The van der Waals surface area contributed by atoms with Gasteiger partial charge in [-0.25, -0.2) is 14.6 Å². The highest BCUT2D eigenvalue weighted by molar-refractivity contribution is 5.60. The van der Waals surface area contributed by atoms with Gasteiger partial charge in [0.1, 0.15) is 0 Å². The van der Waals surface area contributed by atoms with Crippen LogP contribution in [-0.4, -0.2) is 18.2 Å². The smallest absolute Gasteiger partial charge is 0.211 e. The van der Waals surface area contributed by atoms with Gasteiger partial charge in [0.05, 0.1) is 11.7 Å². The fourth-order valence-corrected chi connectivity index (χ4v) is 3.64. The van der Waals surface area contributed by atoms with E-state index in [4.69, 9.17) is 0 Å². The Hall–Kier alpha value is -2.02. The van der Waals surface area contributed by atoms with Crippen molar-refractivity contribution in [2.45, 2.75) is 64.8 Å². The maximum absolute atomic E-state index is 10.7. The predicted octanol–water partition coefficient (Wildman–Crippen LogP) is 4.22. The molecule has 0 N–H and O–H groups in total. The van der Waals surface area contributed by atoms with Gasteiger partial charge in [-0.3, -0.25) is 0 Å². The van der Waals surface area contributed by atoms with Crippen molar-refractivity contribution in [1.82, 2.24) is 0 Å². The van der Waals surface area contributed by atoms with Crippen LogP contribution in [0.4, 0.5) is 5.69 Å². The number of benzene rings is 1. The summed E-state index contributed by atoms with van der Waals surface area (Å²) in [4.78, 5) is 29.3. The van der Waals surface area contributed by atoms with Crippen LogP contribution in [0.5, 0.6) is 0 Å². The van der Waals surface area contributed by atoms with E-state index in [9.17, 15) is 9.59 Å². The van der Waals surface area contributed by atoms with Crippen molar-refractivity contribution < 1.29 is 9.59 Å². The molecule has 1 saturated carbocycles. The Morgan fingerprint density at radius 1 is 1.04 bits per heavy atom. The Morgan fingerprint density at radius 3 is 2.26 bits per heavy atom. The number of aliphatic imine (C=N–C) groups is 2. The Balaban J connectivity index is 2.32. The average molecular weight is 312 g/mol. The standard InChI is InChI=1S/C19H24N2O2/c1-3-15-9-14(10-16(4-2)19(15)21-13-23)11-17-7-5-6-8-18(17)20-12-22/h9-10,17-18H,3-8,11H2,1-2H3. The number of rotatable bonds is 6. The van der Waals surface area contributed by atoms with Gasteiger partial charge in [0, 0.05) is 0 Å². The summed E-state index contributed by atoms with van der Waals surface area (Å²) in [6, 6.07) is 4.39. The number of nitrogens with zero attached hydrogens (tertiary/aromatic N) is 2. The molecule has 1 aromatic carbocycles. The van der Waals surface area contributed by atoms with E-state index < -0.39 is 0 Å². The quantitative estimate of drug-likeness (QED) is 0.583. The molecule has 2 atom stereocenters. The van der Waals surface area contributed by atoms with E-state index in [1.165, 1.54) is 12.0 Å². The van der Waals surface area contributed by atoms with Crippen LogP contribution in [0, 0.1) is 5.92 Å². The lowest BCUT2D eigenvalue weighted by molar-refractivity contribution is 0.307. The van der Waals surface area contributed by atoms with Crippen LogP contribution in [-0.2, 0) is 28.9 Å². The van der Waals surface area contributed by atoms with E-state index in [2.05, 4.69) is 36.0 Å². The molecule has 4 nitrogen and oxygen atoms in total. The summed E-state index contributed by atoms with van der Waals surface area (Å²) in [6.45, 7) is 4.14. The lowest BCUT2D eigenvalue weighted by Gasteiger charge is -2.28. The Kier molecular flexibility index (Phi) is 6.46. The highest BCUT2D eigenvalue weighted by atomic mass is 16.1. The summed E-state index contributed by atoms with van der Waals surface area (Å²) in [5.41, 5.74) is 4.21. The molecule has 1 aliphatic rings. The molecule has 0 radical (unpaired) electrons. The third kappa shape index (κ3) is 4.25. The third-order valence-electron chi connectivity index (χ3n) is 4.83. The predicted molar refractivity (Wildman–Crippen MR) is 90.6 cm³/mol. The summed E-state index contributed by atoms with van der Waals surface area (Å²) >= 11 is 0. The molecule has 4 heteroatoms. The van der Waals surface area contributed by atoms with Gasteiger partial charge in [-0.1, -0.05) is 38.8 Å². The molecule has 0 saturated heterocycles. The second-order valence-electron chi connectivity index (χ2n) is 6.21. The Bertz CT molecular complexity index is 616. The molecule has 1 aromatic rings. The number of isocyanates is 2. The third-order valence-corrected chi connectivity index (χ3v) is 4.83. The lowest BCUT2D eigenvalue weighted by Crippen LogP contribution is -2.25. The van der Waals surface area contributed by atoms with Gasteiger partial charge in [-0.15, -0.1) is 0 Å². The van der Waals surface area contributed by atoms with Crippen molar-refractivity contribution in [2.24, 2.45) is 15.9 Å². The summed E-state index contributed by atoms with van der Waals surface area (Å²) in [5, 5.41) is 0. The number of hydrogen-bond donors (Lipinski definition) is 0. The lowest BCUT2D eigenvalue weighted by atomic mass is 9.80. The van der Waals surface area contributed by atoms with Crippen LogP contribution >= 0.6 is 0 Å². The maximum Gasteiger partial charge on any atom is 0.240 e. The van der Waals surface area contributed by atoms with E-state index in [1.807, 2.05) is 0 Å². The van der Waals surface area contributed by atoms with Crippen LogP contribution in [0.25, 0.3) is 0 Å². The molecular formula is C19H24N2O2. The molecule has 2 unspecified atom stereocenters. The van der Waals surface area contributed by atoms with Gasteiger partial charge in [0.15, 0.2) is 0 Å². The molecule has 0 aromatic heterocycles. The first kappa shape index (κ1) is 17.3. The van der Waals surface area contributed by atoms with Crippen molar-refractivity contribution >= 4 is 17.8 Å². The zero-order valence-corrected chi connectivity index (χ0v) is 14.0. The highest BCUT2D eigenvalue weighted by Crippen LogP contribution is 2.33. The van der Waals surface area contributed by atoms with Crippen LogP contribution < -0.4 is 0 Å². The van der Waals surface area contributed by atoms with E-state index in [1.54, 1.807) is 12.2 Å². The molecule has 0 aliphatic heterocycles. The van der Waals surface area contributed by atoms with Gasteiger partial charge in [0.25, 0.3) is 0 Å². The van der Waals surface area contributed by atoms with Crippen LogP contribution in [0.3, 0.4) is 0 Å². The average Bonchev–Trinajstić information content (AvgIpc) is 2.58. The minimum Gasteiger partial charge on any atom is -0.211 e. The second kappa shape index (κ2) is 8.57. The van der Waals surface area contributed by atoms with Crippen molar-refractivity contribution in [3.05, 3.63) is 28.8 Å². The Morgan fingerprint density at radius 2 is 1.70 bits per heavy atom. The van der Waals surface area contributed by atoms with Gasteiger partial charge in [-0.2, -0.15) is 4.99 Å². The van der Waals surface area contributed by atoms with Crippen LogP contribution in [0.1, 0.15) is 56.2 Å². The fourth-order valence-electron chi connectivity index (χ4n) is 3.64. The van der Waals surface area contributed by atoms with Gasteiger partial charge in [0.2, 0.25) is 12.2 Å². The number of carbonyl (C=O) groups excluding carboxylic acids is 2. The maximum atomic E-state index is 10.7. The van der Waals surface area contributed by atoms with Crippen LogP contribution in [0.2, 0.25) is 0 Å². The minimum atomic E-state index is 0.101. The topological polar surface area (TPSA) is 58.9 Å². The van der Waals surface area contributed by atoms with E-state index in [0.717, 1.165) is 55.3 Å². The first-order chi connectivity index (χ1) is 11.2. The number of hydrogen-bond acceptors (Lipinski definition) is 4. The summed E-state index contributed by atoms with van der Waals surface area (Å²) in [5.74, 6) is 0.403. The van der Waals surface area contributed by atoms with Gasteiger partial charge >= 0.3 is 0 Å². The zero-order chi connectivity index (χ0) is 16.7. The Labute approximate surface area is 137 Å². The van der Waals surface area contributed by atoms with Crippen LogP contribution in [0.15, 0.2) is 22.1 Å². The number of aryl methyl sites for hydroxylation is 2.